The van der Waals surface area contributed by atoms with Crippen LogP contribution in [0.4, 0.5) is 4.39 Å². The molecule has 1 aromatic carbocycles. The highest BCUT2D eigenvalue weighted by Crippen LogP contribution is 2.34. The first-order valence-electron chi connectivity index (χ1n) is 8.35. The van der Waals surface area contributed by atoms with Crippen LogP contribution in [-0.4, -0.2) is 15.9 Å². The predicted molar refractivity (Wildman–Crippen MR) is 103 cm³/mol. The quantitative estimate of drug-likeness (QED) is 0.526. The molecule has 4 rings (SSSR count). The molecular formula is C19H14ClFN2O3S. The van der Waals surface area contributed by atoms with Gasteiger partial charge in [0.1, 0.15) is 23.1 Å². The number of aromatic nitrogens is 2. The number of carbonyl (C=O) groups is 1. The van der Waals surface area contributed by atoms with Crippen molar-refractivity contribution in [2.45, 2.75) is 25.9 Å². The third-order valence-corrected chi connectivity index (χ3v) is 5.88. The molecule has 0 unspecified atom stereocenters. The molecule has 0 fully saturated rings. The van der Waals surface area contributed by atoms with Crippen LogP contribution in [0.2, 0.25) is 5.02 Å². The maximum Gasteiger partial charge on any atom is 0.331 e. The number of nitrogens with zero attached hydrogens (tertiary/aromatic N) is 1. The zero-order valence-corrected chi connectivity index (χ0v) is 15.6. The number of ether oxygens (including phenoxy) is 1. The van der Waals surface area contributed by atoms with Crippen LogP contribution in [0.5, 0.6) is 0 Å². The molecule has 138 valence electrons. The van der Waals surface area contributed by atoms with Gasteiger partial charge in [0.25, 0.3) is 5.56 Å². The predicted octanol–water partition coefficient (Wildman–Crippen LogP) is 4.02. The van der Waals surface area contributed by atoms with Crippen molar-refractivity contribution in [1.82, 2.24) is 9.97 Å². The maximum absolute atomic E-state index is 13.7. The Morgan fingerprint density at radius 2 is 2.26 bits per heavy atom. The standard InChI is InChI=1S/C19H14ClFN2O3S/c20-12-4-2-5-13(21)10(12)7-8-16(24)26-9-15-22-18(25)17-11-3-1-6-14(11)27-19(17)23-15/h2,4-5,7-8H,1,3,6,9H2,(H,22,23,25)/b8-7+. The van der Waals surface area contributed by atoms with Gasteiger partial charge in [-0.2, -0.15) is 0 Å². The van der Waals surface area contributed by atoms with Crippen molar-refractivity contribution in [2.75, 3.05) is 0 Å². The smallest absolute Gasteiger partial charge is 0.331 e. The lowest BCUT2D eigenvalue weighted by molar-refractivity contribution is -0.139. The lowest BCUT2D eigenvalue weighted by Crippen LogP contribution is -2.13. The molecule has 0 aliphatic heterocycles. The lowest BCUT2D eigenvalue weighted by Gasteiger charge is -2.03. The first-order valence-corrected chi connectivity index (χ1v) is 9.54. The van der Waals surface area contributed by atoms with Crippen LogP contribution in [0.1, 0.15) is 28.2 Å². The van der Waals surface area contributed by atoms with Gasteiger partial charge in [-0.15, -0.1) is 11.3 Å². The van der Waals surface area contributed by atoms with Gasteiger partial charge in [0.2, 0.25) is 0 Å². The number of nitrogens with one attached hydrogen (secondary N) is 1. The number of hydrogen-bond acceptors (Lipinski definition) is 5. The fraction of sp³-hybridized carbons (Fsp3) is 0.211. The largest absolute Gasteiger partial charge is 0.454 e. The van der Waals surface area contributed by atoms with Crippen molar-refractivity contribution >= 4 is 45.2 Å². The van der Waals surface area contributed by atoms with Gasteiger partial charge in [0.05, 0.1) is 10.4 Å². The second-order valence-corrected chi connectivity index (χ2v) is 7.62. The molecule has 1 aliphatic rings. The number of hydrogen-bond donors (Lipinski definition) is 1. The van der Waals surface area contributed by atoms with Crippen LogP contribution < -0.4 is 5.56 Å². The van der Waals surface area contributed by atoms with E-state index >= 15 is 0 Å². The van der Waals surface area contributed by atoms with E-state index in [0.717, 1.165) is 30.9 Å². The maximum atomic E-state index is 13.7. The van der Waals surface area contributed by atoms with E-state index in [4.69, 9.17) is 16.3 Å². The molecule has 2 aromatic heterocycles. The average Bonchev–Trinajstić information content (AvgIpc) is 3.20. The van der Waals surface area contributed by atoms with Crippen molar-refractivity contribution in [2.24, 2.45) is 0 Å². The third-order valence-electron chi connectivity index (χ3n) is 4.36. The minimum Gasteiger partial charge on any atom is -0.454 e. The van der Waals surface area contributed by atoms with Crippen LogP contribution in [0.15, 0.2) is 29.1 Å². The molecule has 2 heterocycles. The monoisotopic (exact) mass is 404 g/mol. The van der Waals surface area contributed by atoms with Crippen LogP contribution >= 0.6 is 22.9 Å². The Bertz CT molecular complexity index is 1120. The Kier molecular flexibility index (Phi) is 4.80. The highest BCUT2D eigenvalue weighted by atomic mass is 35.5. The average molecular weight is 405 g/mol. The van der Waals surface area contributed by atoms with Gasteiger partial charge in [-0.3, -0.25) is 4.79 Å². The number of rotatable bonds is 4. The van der Waals surface area contributed by atoms with Gasteiger partial charge in [0, 0.05) is 16.5 Å². The van der Waals surface area contributed by atoms with Gasteiger partial charge in [0.15, 0.2) is 0 Å². The van der Waals surface area contributed by atoms with Gasteiger partial charge in [-0.1, -0.05) is 17.7 Å². The summed E-state index contributed by atoms with van der Waals surface area (Å²) in [5, 5.41) is 0.845. The second-order valence-electron chi connectivity index (χ2n) is 6.13. The molecule has 1 N–H and O–H groups in total. The molecule has 5 nitrogen and oxygen atoms in total. The fourth-order valence-corrected chi connectivity index (χ4v) is 4.63. The van der Waals surface area contributed by atoms with E-state index in [1.54, 1.807) is 0 Å². The van der Waals surface area contributed by atoms with Crippen molar-refractivity contribution in [1.29, 1.82) is 0 Å². The number of thiophene rings is 1. The van der Waals surface area contributed by atoms with Gasteiger partial charge in [-0.05, 0) is 43.0 Å². The van der Waals surface area contributed by atoms with E-state index in [2.05, 4.69) is 9.97 Å². The van der Waals surface area contributed by atoms with E-state index in [1.165, 1.54) is 40.5 Å². The summed E-state index contributed by atoms with van der Waals surface area (Å²) in [6.45, 7) is -0.179. The topological polar surface area (TPSA) is 72.0 Å². The number of aryl methyl sites for hydroxylation is 2. The van der Waals surface area contributed by atoms with Crippen LogP contribution in [0.3, 0.4) is 0 Å². The van der Waals surface area contributed by atoms with E-state index < -0.39 is 11.8 Å². The Morgan fingerprint density at radius 3 is 3.07 bits per heavy atom. The minimum atomic E-state index is -0.689. The van der Waals surface area contributed by atoms with E-state index in [-0.39, 0.29) is 28.6 Å². The Labute approximate surface area is 162 Å². The zero-order chi connectivity index (χ0) is 19.0. The van der Waals surface area contributed by atoms with Crippen LogP contribution in [-0.2, 0) is 29.0 Å². The number of carbonyl (C=O) groups excluding carboxylic acids is 1. The summed E-state index contributed by atoms with van der Waals surface area (Å²) < 4.78 is 18.8. The lowest BCUT2D eigenvalue weighted by atomic mass is 10.2. The summed E-state index contributed by atoms with van der Waals surface area (Å²) in [5.41, 5.74) is 0.994. The molecule has 27 heavy (non-hydrogen) atoms. The number of benzene rings is 1. The SMILES string of the molecule is O=C(/C=C/c1c(F)cccc1Cl)OCc1nc2sc3c(c2c(=O)[nH]1)CCC3. The second kappa shape index (κ2) is 7.25. The summed E-state index contributed by atoms with van der Waals surface area (Å²) in [5.74, 6) is -0.947. The van der Waals surface area contributed by atoms with E-state index in [0.29, 0.717) is 10.2 Å². The molecule has 0 spiro atoms. The number of H-pyrrole nitrogens is 1. The molecule has 0 saturated carbocycles. The van der Waals surface area contributed by atoms with Crippen molar-refractivity contribution < 1.29 is 13.9 Å². The minimum absolute atomic E-state index is 0.108. The molecule has 0 radical (unpaired) electrons. The van der Waals surface area contributed by atoms with Crippen molar-refractivity contribution in [3.05, 3.63) is 67.3 Å². The van der Waals surface area contributed by atoms with Crippen LogP contribution in [0.25, 0.3) is 16.3 Å². The zero-order valence-electron chi connectivity index (χ0n) is 14.1. The first-order chi connectivity index (χ1) is 13.0. The fourth-order valence-electron chi connectivity index (χ4n) is 3.12. The summed E-state index contributed by atoms with van der Waals surface area (Å²) in [6.07, 6.45) is 5.28. The van der Waals surface area contributed by atoms with Gasteiger partial charge >= 0.3 is 5.97 Å². The molecule has 3 aromatic rings. The Hall–Kier alpha value is -2.51. The molecule has 8 heteroatoms. The van der Waals surface area contributed by atoms with E-state index in [1.807, 2.05) is 0 Å². The molecule has 0 saturated heterocycles. The van der Waals surface area contributed by atoms with E-state index in [9.17, 15) is 14.0 Å². The number of fused-ring (bicyclic) bond motifs is 3. The highest BCUT2D eigenvalue weighted by molar-refractivity contribution is 7.18. The molecule has 0 bridgehead atoms. The van der Waals surface area contributed by atoms with Crippen LogP contribution in [0, 0.1) is 5.82 Å². The molecule has 1 aliphatic carbocycles. The Balaban J connectivity index is 1.48. The van der Waals surface area contributed by atoms with Crippen molar-refractivity contribution in [3.63, 3.8) is 0 Å². The Morgan fingerprint density at radius 1 is 1.41 bits per heavy atom. The summed E-state index contributed by atoms with van der Waals surface area (Å²) >= 11 is 7.42. The summed E-state index contributed by atoms with van der Waals surface area (Å²) in [4.78, 5) is 33.2. The molecule has 0 atom stereocenters. The van der Waals surface area contributed by atoms with Gasteiger partial charge in [-0.25, -0.2) is 14.2 Å². The first kappa shape index (κ1) is 17.9. The summed E-state index contributed by atoms with van der Waals surface area (Å²) in [7, 11) is 0. The molecule has 0 amide bonds. The normalized spacial score (nSPS) is 13.4. The van der Waals surface area contributed by atoms with Gasteiger partial charge < -0.3 is 9.72 Å². The third kappa shape index (κ3) is 3.52. The summed E-state index contributed by atoms with van der Waals surface area (Å²) in [6, 6.07) is 4.25. The highest BCUT2D eigenvalue weighted by Gasteiger charge is 2.21. The number of aromatic amines is 1. The van der Waals surface area contributed by atoms with Crippen molar-refractivity contribution in [3.8, 4) is 0 Å². The number of esters is 1. The molecular weight excluding hydrogens is 391 g/mol. The number of halogens is 2.